The van der Waals surface area contributed by atoms with Crippen molar-refractivity contribution in [2.75, 3.05) is 0 Å². The SMILES string of the molecule is O=C(NCc1ccc(O)cc1)c1cc(Br)ccc1F. The van der Waals surface area contributed by atoms with Crippen molar-refractivity contribution in [2.45, 2.75) is 6.54 Å². The number of nitrogens with one attached hydrogen (secondary N) is 1. The molecule has 2 N–H and O–H groups in total. The van der Waals surface area contributed by atoms with E-state index in [0.717, 1.165) is 5.56 Å². The van der Waals surface area contributed by atoms with Gasteiger partial charge in [0.05, 0.1) is 5.56 Å². The molecule has 0 aliphatic rings. The zero-order valence-electron chi connectivity index (χ0n) is 9.86. The Morgan fingerprint density at radius 2 is 1.89 bits per heavy atom. The summed E-state index contributed by atoms with van der Waals surface area (Å²) in [4.78, 5) is 11.8. The molecule has 0 saturated carbocycles. The van der Waals surface area contributed by atoms with Crippen LogP contribution < -0.4 is 5.32 Å². The molecule has 2 aromatic rings. The molecule has 2 aromatic carbocycles. The van der Waals surface area contributed by atoms with E-state index in [9.17, 15) is 9.18 Å². The number of hydrogen-bond acceptors (Lipinski definition) is 2. The molecule has 0 heterocycles. The molecule has 3 nitrogen and oxygen atoms in total. The van der Waals surface area contributed by atoms with Gasteiger partial charge in [0.2, 0.25) is 0 Å². The molecule has 0 atom stereocenters. The van der Waals surface area contributed by atoms with Crippen LogP contribution in [0.1, 0.15) is 15.9 Å². The Bertz CT molecular complexity index is 599. The number of halogens is 2. The summed E-state index contributed by atoms with van der Waals surface area (Å²) in [5.74, 6) is -0.883. The van der Waals surface area contributed by atoms with Crippen molar-refractivity contribution >= 4 is 21.8 Å². The van der Waals surface area contributed by atoms with Crippen LogP contribution in [0.15, 0.2) is 46.9 Å². The van der Waals surface area contributed by atoms with Crippen molar-refractivity contribution in [3.8, 4) is 5.75 Å². The van der Waals surface area contributed by atoms with Crippen LogP contribution >= 0.6 is 15.9 Å². The molecular weight excluding hydrogens is 313 g/mol. The molecule has 0 fully saturated rings. The molecule has 5 heteroatoms. The monoisotopic (exact) mass is 323 g/mol. The molecule has 1 amide bonds. The van der Waals surface area contributed by atoms with Gasteiger partial charge in [-0.15, -0.1) is 0 Å². The number of carbonyl (C=O) groups excluding carboxylic acids is 1. The summed E-state index contributed by atoms with van der Waals surface area (Å²) in [7, 11) is 0. The quantitative estimate of drug-likeness (QED) is 0.911. The average Bonchev–Trinajstić information content (AvgIpc) is 2.40. The first-order valence-corrected chi connectivity index (χ1v) is 6.37. The molecule has 98 valence electrons. The minimum absolute atomic E-state index is 0.00634. The lowest BCUT2D eigenvalue weighted by molar-refractivity contribution is 0.0947. The lowest BCUT2D eigenvalue weighted by atomic mass is 10.2. The van der Waals surface area contributed by atoms with Crippen LogP contribution in [0, 0.1) is 5.82 Å². The standard InChI is InChI=1S/C14H11BrFNO2/c15-10-3-6-13(16)12(7-10)14(19)17-8-9-1-4-11(18)5-2-9/h1-7,18H,8H2,(H,17,19). The van der Waals surface area contributed by atoms with Gasteiger partial charge in [-0.05, 0) is 35.9 Å². The van der Waals surface area contributed by atoms with Crippen molar-refractivity contribution < 1.29 is 14.3 Å². The summed E-state index contributed by atoms with van der Waals surface area (Å²) in [6.07, 6.45) is 0. The van der Waals surface area contributed by atoms with Crippen molar-refractivity contribution in [1.29, 1.82) is 0 Å². The molecule has 0 aromatic heterocycles. The first-order valence-electron chi connectivity index (χ1n) is 5.57. The van der Waals surface area contributed by atoms with Crippen LogP contribution in [-0.4, -0.2) is 11.0 Å². The number of amides is 1. The molecule has 19 heavy (non-hydrogen) atoms. The highest BCUT2D eigenvalue weighted by molar-refractivity contribution is 9.10. The van der Waals surface area contributed by atoms with Gasteiger partial charge in [0.15, 0.2) is 0 Å². The van der Waals surface area contributed by atoms with E-state index in [-0.39, 0.29) is 17.9 Å². The number of benzene rings is 2. The zero-order valence-corrected chi connectivity index (χ0v) is 11.4. The molecule has 0 saturated heterocycles. The van der Waals surface area contributed by atoms with Crippen LogP contribution in [-0.2, 0) is 6.54 Å². The van der Waals surface area contributed by atoms with Crippen LogP contribution in [0.25, 0.3) is 0 Å². The summed E-state index contributed by atoms with van der Waals surface area (Å²) in [6, 6.07) is 10.6. The van der Waals surface area contributed by atoms with Gasteiger partial charge < -0.3 is 10.4 Å². The highest BCUT2D eigenvalue weighted by atomic mass is 79.9. The third-order valence-electron chi connectivity index (χ3n) is 2.56. The Balaban J connectivity index is 2.05. The van der Waals surface area contributed by atoms with Gasteiger partial charge in [0.25, 0.3) is 5.91 Å². The molecule has 0 spiro atoms. The van der Waals surface area contributed by atoms with E-state index in [1.54, 1.807) is 12.1 Å². The lowest BCUT2D eigenvalue weighted by Gasteiger charge is -2.07. The molecule has 0 unspecified atom stereocenters. The number of hydrogen-bond donors (Lipinski definition) is 2. The summed E-state index contributed by atoms with van der Waals surface area (Å²) >= 11 is 3.19. The van der Waals surface area contributed by atoms with Crippen molar-refractivity contribution in [3.05, 3.63) is 63.9 Å². The predicted octanol–water partition coefficient (Wildman–Crippen LogP) is 3.22. The maximum atomic E-state index is 13.5. The van der Waals surface area contributed by atoms with E-state index in [0.29, 0.717) is 4.47 Å². The summed E-state index contributed by atoms with van der Waals surface area (Å²) in [6.45, 7) is 0.269. The Morgan fingerprint density at radius 1 is 1.21 bits per heavy atom. The van der Waals surface area contributed by atoms with E-state index >= 15 is 0 Å². The van der Waals surface area contributed by atoms with Gasteiger partial charge in [-0.2, -0.15) is 0 Å². The van der Waals surface area contributed by atoms with Crippen molar-refractivity contribution in [2.24, 2.45) is 0 Å². The highest BCUT2D eigenvalue weighted by Crippen LogP contribution is 2.16. The normalized spacial score (nSPS) is 10.2. The molecule has 0 aliphatic carbocycles. The third-order valence-corrected chi connectivity index (χ3v) is 3.06. The summed E-state index contributed by atoms with van der Waals surface area (Å²) in [5.41, 5.74) is 0.815. The van der Waals surface area contributed by atoms with E-state index in [4.69, 9.17) is 5.11 Å². The Hall–Kier alpha value is -1.88. The van der Waals surface area contributed by atoms with Crippen LogP contribution in [0.4, 0.5) is 4.39 Å². The van der Waals surface area contributed by atoms with Crippen molar-refractivity contribution in [1.82, 2.24) is 5.32 Å². The van der Waals surface area contributed by atoms with Crippen molar-refractivity contribution in [3.63, 3.8) is 0 Å². The Labute approximate surface area is 118 Å². The fraction of sp³-hybridized carbons (Fsp3) is 0.0714. The first-order chi connectivity index (χ1) is 9.06. The first kappa shape index (κ1) is 13.5. The number of phenolic OH excluding ortho intramolecular Hbond substituents is 1. The molecule has 0 aliphatic heterocycles. The number of phenols is 1. The average molecular weight is 324 g/mol. The smallest absolute Gasteiger partial charge is 0.254 e. The van der Waals surface area contributed by atoms with E-state index < -0.39 is 11.7 Å². The molecule has 0 bridgehead atoms. The fourth-order valence-electron chi connectivity index (χ4n) is 1.56. The van der Waals surface area contributed by atoms with Gasteiger partial charge >= 0.3 is 0 Å². The van der Waals surface area contributed by atoms with Gasteiger partial charge in [-0.1, -0.05) is 28.1 Å². The summed E-state index contributed by atoms with van der Waals surface area (Å²) < 4.78 is 14.1. The maximum Gasteiger partial charge on any atom is 0.254 e. The Morgan fingerprint density at radius 3 is 2.58 bits per heavy atom. The topological polar surface area (TPSA) is 49.3 Å². The Kier molecular flexibility index (Phi) is 4.16. The van der Waals surface area contributed by atoms with E-state index in [1.165, 1.54) is 30.3 Å². The van der Waals surface area contributed by atoms with Gasteiger partial charge in [0, 0.05) is 11.0 Å². The maximum absolute atomic E-state index is 13.5. The van der Waals surface area contributed by atoms with E-state index in [2.05, 4.69) is 21.2 Å². The highest BCUT2D eigenvalue weighted by Gasteiger charge is 2.11. The lowest BCUT2D eigenvalue weighted by Crippen LogP contribution is -2.23. The summed E-state index contributed by atoms with van der Waals surface area (Å²) in [5, 5.41) is 11.8. The molecule has 2 rings (SSSR count). The molecular formula is C14H11BrFNO2. The van der Waals surface area contributed by atoms with Gasteiger partial charge in [0.1, 0.15) is 11.6 Å². The number of rotatable bonds is 3. The number of carbonyl (C=O) groups is 1. The van der Waals surface area contributed by atoms with Crippen LogP contribution in [0.2, 0.25) is 0 Å². The number of aromatic hydroxyl groups is 1. The minimum Gasteiger partial charge on any atom is -0.508 e. The van der Waals surface area contributed by atoms with Crippen LogP contribution in [0.3, 0.4) is 0 Å². The second-order valence-corrected chi connectivity index (χ2v) is 4.89. The fourth-order valence-corrected chi connectivity index (χ4v) is 1.92. The predicted molar refractivity (Wildman–Crippen MR) is 73.4 cm³/mol. The minimum atomic E-state index is -0.564. The van der Waals surface area contributed by atoms with Gasteiger partial charge in [-0.3, -0.25) is 4.79 Å². The second kappa shape index (κ2) is 5.84. The zero-order chi connectivity index (χ0) is 13.8. The largest absolute Gasteiger partial charge is 0.508 e. The molecule has 0 radical (unpaired) electrons. The second-order valence-electron chi connectivity index (χ2n) is 3.97. The van der Waals surface area contributed by atoms with Gasteiger partial charge in [-0.25, -0.2) is 4.39 Å². The van der Waals surface area contributed by atoms with Crippen LogP contribution in [0.5, 0.6) is 5.75 Å². The van der Waals surface area contributed by atoms with E-state index in [1.807, 2.05) is 0 Å². The third kappa shape index (κ3) is 3.54.